The number of amidine groups is 1. The van der Waals surface area contributed by atoms with E-state index >= 15 is 0 Å². The van der Waals surface area contributed by atoms with Crippen LogP contribution in [0.25, 0.3) is 0 Å². The molecule has 2 aliphatic rings. The first-order valence-electron chi connectivity index (χ1n) is 8.80. The number of carbonyl (C=O) groups is 1. The van der Waals surface area contributed by atoms with Crippen LogP contribution in [-0.4, -0.2) is 58.5 Å². The van der Waals surface area contributed by atoms with Crippen molar-refractivity contribution in [1.29, 1.82) is 0 Å². The number of likely N-dealkylation sites (tertiary alicyclic amines) is 1. The number of anilines is 1. The Labute approximate surface area is 158 Å². The molecule has 1 amide bonds. The van der Waals surface area contributed by atoms with Crippen molar-refractivity contribution in [3.8, 4) is 5.75 Å². The molecule has 148 valence electrons. The third kappa shape index (κ3) is 4.69. The first-order chi connectivity index (χ1) is 12.9. The van der Waals surface area contributed by atoms with Crippen LogP contribution in [-0.2, 0) is 19.7 Å². The molecule has 0 bridgehead atoms. The van der Waals surface area contributed by atoms with Crippen LogP contribution in [0.4, 0.5) is 5.69 Å². The molecule has 1 atom stereocenters. The predicted octanol–water partition coefficient (Wildman–Crippen LogP) is 0.716. The van der Waals surface area contributed by atoms with Crippen molar-refractivity contribution < 1.29 is 22.7 Å². The normalized spacial score (nSPS) is 21.0. The molecule has 10 heteroatoms. The largest absolute Gasteiger partial charge is 0.492 e. The van der Waals surface area contributed by atoms with Crippen molar-refractivity contribution in [3.05, 3.63) is 23.8 Å². The van der Waals surface area contributed by atoms with E-state index in [0.717, 1.165) is 19.4 Å². The summed E-state index contributed by atoms with van der Waals surface area (Å²) >= 11 is 0. The first-order valence-corrected chi connectivity index (χ1v) is 10.2. The van der Waals surface area contributed by atoms with Gasteiger partial charge < -0.3 is 20.1 Å². The van der Waals surface area contributed by atoms with E-state index in [1.54, 1.807) is 25.3 Å². The van der Waals surface area contributed by atoms with Crippen LogP contribution in [0.3, 0.4) is 0 Å². The molecule has 1 aromatic carbocycles. The summed E-state index contributed by atoms with van der Waals surface area (Å²) in [5, 5.41) is 0. The number of benzene rings is 1. The Morgan fingerprint density at radius 2 is 2.26 bits per heavy atom. The van der Waals surface area contributed by atoms with Crippen LogP contribution >= 0.6 is 0 Å². The van der Waals surface area contributed by atoms with Gasteiger partial charge in [-0.1, -0.05) is 6.07 Å². The van der Waals surface area contributed by atoms with Gasteiger partial charge in [0, 0.05) is 26.1 Å². The van der Waals surface area contributed by atoms with Crippen LogP contribution in [0.2, 0.25) is 0 Å². The van der Waals surface area contributed by atoms with E-state index in [2.05, 4.69) is 9.12 Å². The molecule has 2 heterocycles. The molecule has 3 rings (SSSR count). The number of hydrogen-bond donors (Lipinski definition) is 2. The number of rotatable bonds is 6. The lowest BCUT2D eigenvalue weighted by Gasteiger charge is -2.33. The summed E-state index contributed by atoms with van der Waals surface area (Å²) in [5.41, 5.74) is 6.61. The average molecular weight is 396 g/mol. The molecule has 1 saturated heterocycles. The molecule has 1 fully saturated rings. The summed E-state index contributed by atoms with van der Waals surface area (Å²) in [7, 11) is -2.24. The summed E-state index contributed by atoms with van der Waals surface area (Å²) in [4.78, 5) is 14.0. The third-order valence-electron chi connectivity index (χ3n) is 4.61. The van der Waals surface area contributed by atoms with E-state index in [1.165, 1.54) is 0 Å². The van der Waals surface area contributed by atoms with Gasteiger partial charge in [-0.15, -0.1) is 4.40 Å². The Morgan fingerprint density at radius 1 is 1.44 bits per heavy atom. The minimum Gasteiger partial charge on any atom is -0.492 e. The third-order valence-corrected chi connectivity index (χ3v) is 5.52. The van der Waals surface area contributed by atoms with Gasteiger partial charge in [0.1, 0.15) is 5.75 Å². The maximum atomic E-state index is 12.2. The first kappa shape index (κ1) is 19.4. The predicted molar refractivity (Wildman–Crippen MR) is 101 cm³/mol. The molecule has 0 aromatic heterocycles. The number of methoxy groups -OCH3 is 1. The van der Waals surface area contributed by atoms with Gasteiger partial charge in [0.2, 0.25) is 5.91 Å². The lowest BCUT2D eigenvalue weighted by atomic mass is 9.98. The van der Waals surface area contributed by atoms with Gasteiger partial charge in [0.25, 0.3) is 0 Å². The van der Waals surface area contributed by atoms with Crippen LogP contribution in [0.15, 0.2) is 22.6 Å². The maximum Gasteiger partial charge on any atom is 0.344 e. The Hall–Kier alpha value is -2.33. The Balaban J connectivity index is 1.65. The Kier molecular flexibility index (Phi) is 5.85. The number of fused-ring (bicyclic) bond motifs is 1. The van der Waals surface area contributed by atoms with Crippen molar-refractivity contribution in [3.63, 3.8) is 0 Å². The summed E-state index contributed by atoms with van der Waals surface area (Å²) in [6.45, 7) is 2.21. The number of ether oxygens (including phenoxy) is 2. The molecular formula is C17H24N4O5S. The minimum absolute atomic E-state index is 0.0874. The van der Waals surface area contributed by atoms with Crippen molar-refractivity contribution in [2.75, 3.05) is 38.1 Å². The second-order valence-corrected chi connectivity index (χ2v) is 7.97. The van der Waals surface area contributed by atoms with Crippen molar-refractivity contribution in [2.45, 2.75) is 19.3 Å². The average Bonchev–Trinajstić information content (AvgIpc) is 2.63. The second-order valence-electron chi connectivity index (χ2n) is 6.63. The van der Waals surface area contributed by atoms with Crippen LogP contribution in [0.1, 0.15) is 24.8 Å². The van der Waals surface area contributed by atoms with Crippen LogP contribution in [0, 0.1) is 5.92 Å². The quantitative estimate of drug-likeness (QED) is 0.730. The molecule has 0 unspecified atom stereocenters. The number of carbonyl (C=O) groups excluding carboxylic acids is 1. The van der Waals surface area contributed by atoms with Gasteiger partial charge in [-0.2, -0.15) is 8.42 Å². The minimum atomic E-state index is -3.82. The molecule has 2 aliphatic heterocycles. The monoisotopic (exact) mass is 396 g/mol. The topological polar surface area (TPSA) is 123 Å². The molecule has 0 radical (unpaired) electrons. The molecule has 0 saturated carbocycles. The highest BCUT2D eigenvalue weighted by Crippen LogP contribution is 2.31. The van der Waals surface area contributed by atoms with E-state index in [0.29, 0.717) is 43.2 Å². The van der Waals surface area contributed by atoms with E-state index in [9.17, 15) is 13.2 Å². The van der Waals surface area contributed by atoms with Gasteiger partial charge in [0.05, 0.1) is 30.9 Å². The molecule has 27 heavy (non-hydrogen) atoms. The summed E-state index contributed by atoms with van der Waals surface area (Å²) < 4.78 is 40.0. The zero-order chi connectivity index (χ0) is 19.4. The lowest BCUT2D eigenvalue weighted by molar-refractivity contribution is -0.134. The number of nitrogens with two attached hydrogens (primary N) is 1. The van der Waals surface area contributed by atoms with Crippen molar-refractivity contribution >= 4 is 27.6 Å². The van der Waals surface area contributed by atoms with Crippen LogP contribution in [0.5, 0.6) is 5.75 Å². The number of amides is 1. The number of nitrogens with one attached hydrogen (secondary N) is 1. The molecule has 3 N–H and O–H groups in total. The number of hydrogen-bond acceptors (Lipinski definition) is 6. The second kappa shape index (κ2) is 8.13. The van der Waals surface area contributed by atoms with E-state index in [1.807, 2.05) is 4.90 Å². The Morgan fingerprint density at radius 3 is 3.04 bits per heavy atom. The highest BCUT2D eigenvalue weighted by molar-refractivity contribution is 7.91. The van der Waals surface area contributed by atoms with Crippen molar-refractivity contribution in [2.24, 2.45) is 16.0 Å². The molecule has 0 spiro atoms. The number of piperidine rings is 1. The smallest absolute Gasteiger partial charge is 0.344 e. The summed E-state index contributed by atoms with van der Waals surface area (Å²) in [5.74, 6) is 0.655. The van der Waals surface area contributed by atoms with Gasteiger partial charge >= 0.3 is 10.2 Å². The van der Waals surface area contributed by atoms with Gasteiger partial charge in [0.15, 0.2) is 5.84 Å². The van der Waals surface area contributed by atoms with Gasteiger partial charge in [-0.25, -0.2) is 0 Å². The number of nitrogens with zero attached hydrogens (tertiary/aromatic N) is 2. The highest BCUT2D eigenvalue weighted by Gasteiger charge is 2.27. The standard InChI is InChI=1S/C17H24N4O5S/c1-25-9-7-15(22)21-8-3-4-12(10-21)11-26-14-6-2-5-13-16(14)17(18)20-27(23,24)19-13/h2,5-6,12,19H,3-4,7-11H2,1H3,(H2,18,20)/t12-/m0/s1. The SMILES string of the molecule is COCCC(=O)N1CCC[C@H](COc2cccc3c2C(N)=NS(=O)(=O)N3)C1. The Bertz CT molecular complexity index is 840. The fourth-order valence-corrected chi connectivity index (χ4v) is 4.16. The molecular weight excluding hydrogens is 372 g/mol. The lowest BCUT2D eigenvalue weighted by Crippen LogP contribution is -2.42. The van der Waals surface area contributed by atoms with Crippen molar-refractivity contribution in [1.82, 2.24) is 4.90 Å². The molecule has 1 aromatic rings. The summed E-state index contributed by atoms with van der Waals surface area (Å²) in [6.07, 6.45) is 2.26. The van der Waals surface area contributed by atoms with E-state index < -0.39 is 10.2 Å². The maximum absolute atomic E-state index is 12.2. The van der Waals surface area contributed by atoms with Gasteiger partial charge in [-0.3, -0.25) is 9.52 Å². The van der Waals surface area contributed by atoms with E-state index in [4.69, 9.17) is 15.2 Å². The highest BCUT2D eigenvalue weighted by atomic mass is 32.2. The zero-order valence-electron chi connectivity index (χ0n) is 15.2. The zero-order valence-corrected chi connectivity index (χ0v) is 16.0. The molecule has 0 aliphatic carbocycles. The van der Waals surface area contributed by atoms with Crippen LogP contribution < -0.4 is 15.2 Å². The summed E-state index contributed by atoms with van der Waals surface area (Å²) in [6, 6.07) is 5.03. The molecule has 9 nitrogen and oxygen atoms in total. The fraction of sp³-hybridized carbons (Fsp3) is 0.529. The fourth-order valence-electron chi connectivity index (χ4n) is 3.32. The van der Waals surface area contributed by atoms with Gasteiger partial charge in [-0.05, 0) is 25.0 Å². The van der Waals surface area contributed by atoms with E-state index in [-0.39, 0.29) is 17.7 Å².